The fraction of sp³-hybridized carbons (Fsp3) is 0.588. The number of hydrogen-bond donors (Lipinski definition) is 0. The number of nitrogens with zero attached hydrogens (tertiary/aromatic N) is 1. The Bertz CT molecular complexity index is 406. The fourth-order valence-corrected chi connectivity index (χ4v) is 2.07. The highest BCUT2D eigenvalue weighted by molar-refractivity contribution is 5.41. The van der Waals surface area contributed by atoms with E-state index in [4.69, 9.17) is 10.00 Å². The molecule has 1 aromatic carbocycles. The second-order valence-electron chi connectivity index (χ2n) is 5.06. The van der Waals surface area contributed by atoms with Crippen LogP contribution in [0.2, 0.25) is 0 Å². The molecule has 0 bridgehead atoms. The Morgan fingerprint density at radius 3 is 2.42 bits per heavy atom. The number of rotatable bonds is 9. The summed E-state index contributed by atoms with van der Waals surface area (Å²) in [6.07, 6.45) is 9.01. The van der Waals surface area contributed by atoms with Gasteiger partial charge in [0.25, 0.3) is 0 Å². The van der Waals surface area contributed by atoms with Crippen LogP contribution in [0.4, 0.5) is 0 Å². The number of ether oxygens (including phenoxy) is 1. The Hall–Kier alpha value is -1.49. The average molecular weight is 259 g/mol. The third kappa shape index (κ3) is 6.29. The summed E-state index contributed by atoms with van der Waals surface area (Å²) in [6.45, 7) is 5.01. The maximum Gasteiger partial charge on any atom is 0.123 e. The monoisotopic (exact) mass is 259 g/mol. The molecular weight excluding hydrogens is 234 g/mol. The van der Waals surface area contributed by atoms with Crippen LogP contribution >= 0.6 is 0 Å². The van der Waals surface area contributed by atoms with E-state index in [9.17, 15) is 0 Å². The van der Waals surface area contributed by atoms with Gasteiger partial charge in [-0.3, -0.25) is 0 Å². The summed E-state index contributed by atoms with van der Waals surface area (Å²) in [5.41, 5.74) is 1.77. The normalized spacial score (nSPS) is 10.2. The first-order chi connectivity index (χ1) is 9.27. The van der Waals surface area contributed by atoms with Crippen molar-refractivity contribution < 1.29 is 4.74 Å². The Morgan fingerprint density at radius 1 is 1.05 bits per heavy atom. The van der Waals surface area contributed by atoms with Gasteiger partial charge < -0.3 is 4.74 Å². The standard InChI is InChI=1S/C17H25NO/c1-3-4-5-6-7-8-9-12-19-17-13-16(14-18)11-10-15(17)2/h10-11,13H,3-9,12H2,1-2H3. The van der Waals surface area contributed by atoms with Gasteiger partial charge in [-0.25, -0.2) is 0 Å². The summed E-state index contributed by atoms with van der Waals surface area (Å²) >= 11 is 0. The van der Waals surface area contributed by atoms with Crippen LogP contribution in [0.3, 0.4) is 0 Å². The predicted octanol–water partition coefficient (Wildman–Crippen LogP) is 5.00. The smallest absolute Gasteiger partial charge is 0.123 e. The number of hydrogen-bond acceptors (Lipinski definition) is 2. The van der Waals surface area contributed by atoms with Gasteiger partial charge in [-0.2, -0.15) is 5.26 Å². The minimum Gasteiger partial charge on any atom is -0.493 e. The van der Waals surface area contributed by atoms with Crippen molar-refractivity contribution >= 4 is 0 Å². The maximum absolute atomic E-state index is 8.86. The summed E-state index contributed by atoms with van der Waals surface area (Å²) in [7, 11) is 0. The summed E-state index contributed by atoms with van der Waals surface area (Å²) in [5.74, 6) is 0.852. The quantitative estimate of drug-likeness (QED) is 0.585. The lowest BCUT2D eigenvalue weighted by Gasteiger charge is -2.09. The topological polar surface area (TPSA) is 33.0 Å². The zero-order valence-corrected chi connectivity index (χ0v) is 12.2. The van der Waals surface area contributed by atoms with Gasteiger partial charge >= 0.3 is 0 Å². The third-order valence-corrected chi connectivity index (χ3v) is 3.32. The average Bonchev–Trinajstić information content (AvgIpc) is 2.43. The van der Waals surface area contributed by atoms with Crippen LogP contribution in [-0.4, -0.2) is 6.61 Å². The van der Waals surface area contributed by atoms with E-state index in [0.717, 1.165) is 24.3 Å². The molecule has 0 atom stereocenters. The van der Waals surface area contributed by atoms with Gasteiger partial charge in [0, 0.05) is 0 Å². The molecule has 0 aliphatic rings. The number of benzene rings is 1. The first-order valence-electron chi connectivity index (χ1n) is 7.41. The van der Waals surface area contributed by atoms with Crippen molar-refractivity contribution in [3.05, 3.63) is 29.3 Å². The van der Waals surface area contributed by atoms with E-state index in [1.165, 1.54) is 38.5 Å². The third-order valence-electron chi connectivity index (χ3n) is 3.32. The van der Waals surface area contributed by atoms with Crippen LogP contribution in [0, 0.1) is 18.3 Å². The van der Waals surface area contributed by atoms with Crippen molar-refractivity contribution in [1.29, 1.82) is 5.26 Å². The summed E-state index contributed by atoms with van der Waals surface area (Å²) in [4.78, 5) is 0. The summed E-state index contributed by atoms with van der Waals surface area (Å²) in [5, 5.41) is 8.86. The zero-order chi connectivity index (χ0) is 13.9. The zero-order valence-electron chi connectivity index (χ0n) is 12.2. The largest absolute Gasteiger partial charge is 0.493 e. The van der Waals surface area contributed by atoms with Crippen molar-refractivity contribution in [2.45, 2.75) is 58.8 Å². The second kappa shape index (κ2) is 9.44. The van der Waals surface area contributed by atoms with Crippen LogP contribution in [0.1, 0.15) is 63.0 Å². The first kappa shape index (κ1) is 15.6. The van der Waals surface area contributed by atoms with Gasteiger partial charge in [-0.15, -0.1) is 0 Å². The van der Waals surface area contributed by atoms with Crippen LogP contribution in [-0.2, 0) is 0 Å². The van der Waals surface area contributed by atoms with Crippen LogP contribution in [0.5, 0.6) is 5.75 Å². The van der Waals surface area contributed by atoms with Crippen LogP contribution in [0.15, 0.2) is 18.2 Å². The lowest BCUT2D eigenvalue weighted by Crippen LogP contribution is -1.99. The highest BCUT2D eigenvalue weighted by atomic mass is 16.5. The Balaban J connectivity index is 2.17. The number of nitriles is 1. The van der Waals surface area contributed by atoms with E-state index in [-0.39, 0.29) is 0 Å². The molecule has 0 unspecified atom stereocenters. The lowest BCUT2D eigenvalue weighted by atomic mass is 10.1. The number of aryl methyl sites for hydroxylation is 1. The second-order valence-corrected chi connectivity index (χ2v) is 5.06. The van der Waals surface area contributed by atoms with Crippen molar-refractivity contribution in [3.63, 3.8) is 0 Å². The molecule has 0 amide bonds. The van der Waals surface area contributed by atoms with Crippen molar-refractivity contribution in [2.24, 2.45) is 0 Å². The molecule has 0 aliphatic carbocycles. The van der Waals surface area contributed by atoms with E-state index >= 15 is 0 Å². The fourth-order valence-electron chi connectivity index (χ4n) is 2.07. The molecular formula is C17H25NO. The lowest BCUT2D eigenvalue weighted by molar-refractivity contribution is 0.302. The summed E-state index contributed by atoms with van der Waals surface area (Å²) < 4.78 is 5.76. The molecule has 104 valence electrons. The molecule has 0 N–H and O–H groups in total. The molecule has 2 nitrogen and oxygen atoms in total. The van der Waals surface area contributed by atoms with E-state index in [1.54, 1.807) is 0 Å². The van der Waals surface area contributed by atoms with Crippen molar-refractivity contribution in [1.82, 2.24) is 0 Å². The SMILES string of the molecule is CCCCCCCCCOc1cc(C#N)ccc1C. The molecule has 2 heteroatoms. The van der Waals surface area contributed by atoms with Crippen LogP contribution in [0.25, 0.3) is 0 Å². The first-order valence-corrected chi connectivity index (χ1v) is 7.41. The molecule has 0 aromatic heterocycles. The molecule has 19 heavy (non-hydrogen) atoms. The molecule has 1 rings (SSSR count). The van der Waals surface area contributed by atoms with Gasteiger partial charge in [-0.05, 0) is 31.0 Å². The van der Waals surface area contributed by atoms with Gasteiger partial charge in [0.15, 0.2) is 0 Å². The molecule has 0 saturated heterocycles. The highest BCUT2D eigenvalue weighted by Crippen LogP contribution is 2.19. The molecule has 0 aliphatic heterocycles. The molecule has 1 aromatic rings. The maximum atomic E-state index is 8.86. The van der Waals surface area contributed by atoms with Gasteiger partial charge in [0.2, 0.25) is 0 Å². The van der Waals surface area contributed by atoms with Gasteiger partial charge in [0.1, 0.15) is 5.75 Å². The van der Waals surface area contributed by atoms with E-state index in [0.29, 0.717) is 5.56 Å². The van der Waals surface area contributed by atoms with E-state index < -0.39 is 0 Å². The van der Waals surface area contributed by atoms with E-state index in [2.05, 4.69) is 13.0 Å². The highest BCUT2D eigenvalue weighted by Gasteiger charge is 2.01. The summed E-state index contributed by atoms with van der Waals surface area (Å²) in [6, 6.07) is 7.75. The van der Waals surface area contributed by atoms with Crippen LogP contribution < -0.4 is 4.74 Å². The predicted molar refractivity (Wildman–Crippen MR) is 79.4 cm³/mol. The number of unbranched alkanes of at least 4 members (excludes halogenated alkanes) is 6. The molecule has 0 saturated carbocycles. The van der Waals surface area contributed by atoms with E-state index in [1.807, 2.05) is 25.1 Å². The molecule has 0 heterocycles. The van der Waals surface area contributed by atoms with Gasteiger partial charge in [-0.1, -0.05) is 51.5 Å². The minimum absolute atomic E-state index is 0.667. The minimum atomic E-state index is 0.667. The molecule has 0 spiro atoms. The van der Waals surface area contributed by atoms with Crippen molar-refractivity contribution in [2.75, 3.05) is 6.61 Å². The Kier molecular flexibility index (Phi) is 7.74. The Labute approximate surface area is 117 Å². The molecule has 0 radical (unpaired) electrons. The van der Waals surface area contributed by atoms with Gasteiger partial charge in [0.05, 0.1) is 18.2 Å². The Morgan fingerprint density at radius 2 is 1.74 bits per heavy atom. The van der Waals surface area contributed by atoms with Crippen molar-refractivity contribution in [3.8, 4) is 11.8 Å². The molecule has 0 fully saturated rings.